The molecule has 1 aromatic heterocycles. The summed E-state index contributed by atoms with van der Waals surface area (Å²) in [7, 11) is -3.68. The molecule has 1 aliphatic rings. The number of sulfonamides is 1. The zero-order chi connectivity index (χ0) is 14.9. The number of anilines is 1. The number of para-hydroxylation sites is 1. The van der Waals surface area contributed by atoms with E-state index < -0.39 is 10.0 Å². The minimum Gasteiger partial charge on any atom is -0.411 e. The summed E-state index contributed by atoms with van der Waals surface area (Å²) < 4.78 is 26.8. The summed E-state index contributed by atoms with van der Waals surface area (Å²) in [4.78, 5) is 0.113. The summed E-state index contributed by atoms with van der Waals surface area (Å²) in [6, 6.07) is 7.02. The Bertz CT molecular complexity index is 768. The van der Waals surface area contributed by atoms with Gasteiger partial charge in [-0.25, -0.2) is 8.42 Å². The van der Waals surface area contributed by atoms with E-state index in [9.17, 15) is 8.42 Å². The van der Waals surface area contributed by atoms with Gasteiger partial charge < -0.3 is 5.21 Å². The molecule has 0 amide bonds. The van der Waals surface area contributed by atoms with Crippen molar-refractivity contribution in [2.75, 3.05) is 10.8 Å². The molecule has 0 fully saturated rings. The number of aromatic nitrogens is 2. The van der Waals surface area contributed by atoms with Gasteiger partial charge in [0.25, 0.3) is 10.0 Å². The summed E-state index contributed by atoms with van der Waals surface area (Å²) >= 11 is 0. The number of hydrogen-bond donors (Lipinski definition) is 2. The third-order valence-corrected chi connectivity index (χ3v) is 5.22. The largest absolute Gasteiger partial charge is 0.411 e. The molecule has 8 heteroatoms. The first-order valence-electron chi connectivity index (χ1n) is 6.46. The Morgan fingerprint density at radius 2 is 2.14 bits per heavy atom. The van der Waals surface area contributed by atoms with Gasteiger partial charge in [-0.3, -0.25) is 9.40 Å². The lowest BCUT2D eigenvalue weighted by atomic mass is 10.1. The molecule has 0 spiro atoms. The first-order chi connectivity index (χ1) is 10.1. The molecule has 1 aliphatic heterocycles. The molecule has 0 saturated carbocycles. The maximum Gasteiger partial charge on any atom is 0.267 e. The second-order valence-electron chi connectivity index (χ2n) is 4.68. The van der Waals surface area contributed by atoms with Crippen molar-refractivity contribution in [3.63, 3.8) is 0 Å². The minimum atomic E-state index is -3.68. The van der Waals surface area contributed by atoms with Gasteiger partial charge in [-0.2, -0.15) is 5.10 Å². The van der Waals surface area contributed by atoms with Crippen molar-refractivity contribution in [1.82, 2.24) is 10.2 Å². The molecule has 2 heterocycles. The standard InChI is InChI=1S/C13H14N4O3S/c18-16-12-5-3-7-17(13-6-2-1-4-11(12)13)21(19,20)10-8-14-15-9-10/h1-2,4,6,8-9,18H,3,5,7H2,(H,14,15)/b16-12-. The van der Waals surface area contributed by atoms with Crippen LogP contribution in [0.5, 0.6) is 0 Å². The summed E-state index contributed by atoms with van der Waals surface area (Å²) in [6.45, 7) is 0.323. The summed E-state index contributed by atoms with van der Waals surface area (Å²) in [6.07, 6.45) is 3.73. The fourth-order valence-electron chi connectivity index (χ4n) is 2.44. The van der Waals surface area contributed by atoms with E-state index >= 15 is 0 Å². The molecule has 3 rings (SSSR count). The fraction of sp³-hybridized carbons (Fsp3) is 0.231. The highest BCUT2D eigenvalue weighted by Gasteiger charge is 2.30. The number of nitrogens with one attached hydrogen (secondary N) is 1. The number of aromatic amines is 1. The fourth-order valence-corrected chi connectivity index (χ4v) is 3.87. The van der Waals surface area contributed by atoms with Crippen molar-refractivity contribution in [1.29, 1.82) is 0 Å². The maximum atomic E-state index is 12.7. The van der Waals surface area contributed by atoms with E-state index in [0.29, 0.717) is 36.3 Å². The van der Waals surface area contributed by atoms with Gasteiger partial charge in [-0.1, -0.05) is 23.4 Å². The molecule has 0 saturated heterocycles. The topological polar surface area (TPSA) is 98.7 Å². The molecule has 0 unspecified atom stereocenters. The first kappa shape index (κ1) is 13.6. The second kappa shape index (κ2) is 5.21. The van der Waals surface area contributed by atoms with Crippen LogP contribution in [0.25, 0.3) is 0 Å². The highest BCUT2D eigenvalue weighted by atomic mass is 32.2. The highest BCUT2D eigenvalue weighted by Crippen LogP contribution is 2.31. The molecule has 0 bridgehead atoms. The Morgan fingerprint density at radius 3 is 2.86 bits per heavy atom. The van der Waals surface area contributed by atoms with Crippen molar-refractivity contribution in [2.24, 2.45) is 5.16 Å². The van der Waals surface area contributed by atoms with Crippen LogP contribution in [-0.4, -0.2) is 36.1 Å². The van der Waals surface area contributed by atoms with Gasteiger partial charge in [0.05, 0.1) is 17.6 Å². The molecule has 1 aromatic carbocycles. The number of oxime groups is 1. The van der Waals surface area contributed by atoms with E-state index in [0.717, 1.165) is 0 Å². The molecular weight excluding hydrogens is 292 g/mol. The van der Waals surface area contributed by atoms with Crippen LogP contribution in [-0.2, 0) is 10.0 Å². The number of fused-ring (bicyclic) bond motifs is 1. The van der Waals surface area contributed by atoms with Crippen molar-refractivity contribution in [3.05, 3.63) is 42.2 Å². The second-order valence-corrected chi connectivity index (χ2v) is 6.54. The zero-order valence-electron chi connectivity index (χ0n) is 11.1. The molecule has 2 aromatic rings. The molecule has 0 radical (unpaired) electrons. The lowest BCUT2D eigenvalue weighted by Gasteiger charge is -2.23. The maximum absolute atomic E-state index is 12.7. The molecule has 21 heavy (non-hydrogen) atoms. The van der Waals surface area contributed by atoms with Crippen LogP contribution in [0.4, 0.5) is 5.69 Å². The van der Waals surface area contributed by atoms with E-state index in [-0.39, 0.29) is 4.90 Å². The van der Waals surface area contributed by atoms with Crippen molar-refractivity contribution < 1.29 is 13.6 Å². The lowest BCUT2D eigenvalue weighted by Crippen LogP contribution is -2.31. The van der Waals surface area contributed by atoms with E-state index in [2.05, 4.69) is 15.4 Å². The van der Waals surface area contributed by atoms with E-state index in [1.54, 1.807) is 24.3 Å². The number of nitrogens with zero attached hydrogens (tertiary/aromatic N) is 3. The summed E-state index contributed by atoms with van der Waals surface area (Å²) in [5, 5.41) is 18.7. The van der Waals surface area contributed by atoms with Gasteiger partial charge in [0.15, 0.2) is 0 Å². The van der Waals surface area contributed by atoms with Crippen LogP contribution in [0.1, 0.15) is 18.4 Å². The van der Waals surface area contributed by atoms with Gasteiger partial charge >= 0.3 is 0 Å². The predicted molar refractivity (Wildman–Crippen MR) is 77.1 cm³/mol. The van der Waals surface area contributed by atoms with Crippen molar-refractivity contribution >= 4 is 21.4 Å². The van der Waals surface area contributed by atoms with Crippen molar-refractivity contribution in [2.45, 2.75) is 17.7 Å². The third kappa shape index (κ3) is 2.27. The Kier molecular flexibility index (Phi) is 3.38. The summed E-state index contributed by atoms with van der Waals surface area (Å²) in [5.41, 5.74) is 1.64. The highest BCUT2D eigenvalue weighted by molar-refractivity contribution is 7.92. The first-order valence-corrected chi connectivity index (χ1v) is 7.90. The number of hydrogen-bond acceptors (Lipinski definition) is 5. The smallest absolute Gasteiger partial charge is 0.267 e. The normalized spacial score (nSPS) is 17.5. The van der Waals surface area contributed by atoms with Gasteiger partial charge in [0.2, 0.25) is 0 Å². The third-order valence-electron chi connectivity index (χ3n) is 3.44. The van der Waals surface area contributed by atoms with Crippen LogP contribution < -0.4 is 4.31 Å². The Hall–Kier alpha value is -2.35. The monoisotopic (exact) mass is 306 g/mol. The molecular formula is C13H14N4O3S. The van der Waals surface area contributed by atoms with Gasteiger partial charge in [0.1, 0.15) is 4.90 Å². The molecule has 0 aliphatic carbocycles. The Balaban J connectivity index is 2.16. The predicted octanol–water partition coefficient (Wildman–Crippen LogP) is 1.58. The molecule has 7 nitrogen and oxygen atoms in total. The average molecular weight is 306 g/mol. The lowest BCUT2D eigenvalue weighted by molar-refractivity contribution is 0.318. The minimum absolute atomic E-state index is 0.113. The van der Waals surface area contributed by atoms with Gasteiger partial charge in [0, 0.05) is 18.3 Å². The number of rotatable bonds is 2. The number of benzene rings is 1. The SMILES string of the molecule is O=S(=O)(c1cn[nH]c1)N1CCC/C(=N/O)c2ccccc21. The van der Waals surface area contributed by atoms with E-state index in [1.165, 1.54) is 16.7 Å². The Labute approximate surface area is 122 Å². The van der Waals surface area contributed by atoms with Crippen LogP contribution in [0, 0.1) is 0 Å². The van der Waals surface area contributed by atoms with E-state index in [1.807, 2.05) is 0 Å². The quantitative estimate of drug-likeness (QED) is 0.650. The Morgan fingerprint density at radius 1 is 1.33 bits per heavy atom. The van der Waals surface area contributed by atoms with Crippen LogP contribution >= 0.6 is 0 Å². The molecule has 2 N–H and O–H groups in total. The van der Waals surface area contributed by atoms with Crippen molar-refractivity contribution in [3.8, 4) is 0 Å². The average Bonchev–Trinajstić information content (AvgIpc) is 2.96. The number of H-pyrrole nitrogens is 1. The zero-order valence-corrected chi connectivity index (χ0v) is 11.9. The summed E-state index contributed by atoms with van der Waals surface area (Å²) in [5.74, 6) is 0. The van der Waals surface area contributed by atoms with Crippen LogP contribution in [0.2, 0.25) is 0 Å². The molecule has 0 atom stereocenters. The van der Waals surface area contributed by atoms with Crippen LogP contribution in [0.3, 0.4) is 0 Å². The van der Waals surface area contributed by atoms with Gasteiger partial charge in [-0.05, 0) is 18.9 Å². The van der Waals surface area contributed by atoms with Crippen LogP contribution in [0.15, 0.2) is 46.7 Å². The van der Waals surface area contributed by atoms with Gasteiger partial charge in [-0.15, -0.1) is 0 Å². The van der Waals surface area contributed by atoms with E-state index in [4.69, 9.17) is 5.21 Å². The molecule has 110 valence electrons.